The number of para-hydroxylation sites is 2. The van der Waals surface area contributed by atoms with Crippen LogP contribution in [0.15, 0.2) is 82.7 Å². The molecule has 0 N–H and O–H groups in total. The maximum atomic E-state index is 12.8. The Morgan fingerprint density at radius 2 is 1.75 bits per heavy atom. The van der Waals surface area contributed by atoms with Gasteiger partial charge in [-0.15, -0.1) is 0 Å². The van der Waals surface area contributed by atoms with E-state index in [1.807, 2.05) is 42.5 Å². The Bertz CT molecular complexity index is 1360. The smallest absolute Gasteiger partial charge is 0.337 e. The Balaban J connectivity index is 1.55. The fraction of sp³-hybridized carbons (Fsp3) is 0.120. The first-order valence-electron chi connectivity index (χ1n) is 9.98. The summed E-state index contributed by atoms with van der Waals surface area (Å²) >= 11 is 0. The van der Waals surface area contributed by atoms with Crippen molar-refractivity contribution in [2.24, 2.45) is 5.10 Å². The average molecular weight is 427 g/mol. The van der Waals surface area contributed by atoms with Crippen molar-refractivity contribution in [3.05, 3.63) is 106 Å². The Labute approximate surface area is 184 Å². The monoisotopic (exact) mass is 427 g/mol. The van der Waals surface area contributed by atoms with Gasteiger partial charge in [-0.3, -0.25) is 4.79 Å². The predicted molar refractivity (Wildman–Crippen MR) is 122 cm³/mol. The number of methoxy groups -OCH3 is 1. The predicted octanol–water partition coefficient (Wildman–Crippen LogP) is 3.95. The topological polar surface area (TPSA) is 82.8 Å². The quantitative estimate of drug-likeness (QED) is 0.344. The van der Waals surface area contributed by atoms with Crippen LogP contribution in [-0.2, 0) is 11.3 Å². The molecule has 7 nitrogen and oxygen atoms in total. The molecule has 0 saturated carbocycles. The van der Waals surface area contributed by atoms with Crippen LogP contribution in [-0.4, -0.2) is 29.0 Å². The molecule has 0 spiro atoms. The first kappa shape index (κ1) is 21.0. The lowest BCUT2D eigenvalue weighted by molar-refractivity contribution is 0.0600. The third-order valence-corrected chi connectivity index (χ3v) is 4.92. The van der Waals surface area contributed by atoms with E-state index in [0.29, 0.717) is 34.6 Å². The van der Waals surface area contributed by atoms with Gasteiger partial charge in [0.05, 0.1) is 29.8 Å². The van der Waals surface area contributed by atoms with Crippen molar-refractivity contribution in [2.75, 3.05) is 7.11 Å². The molecule has 1 heterocycles. The number of carbonyl (C=O) groups is 1. The molecule has 0 radical (unpaired) electrons. The van der Waals surface area contributed by atoms with Crippen LogP contribution < -0.4 is 10.3 Å². The molecule has 4 rings (SSSR count). The fourth-order valence-corrected chi connectivity index (χ4v) is 3.23. The largest absolute Gasteiger partial charge is 0.488 e. The molecule has 0 aliphatic heterocycles. The summed E-state index contributed by atoms with van der Waals surface area (Å²) in [6.45, 7) is 2.05. The van der Waals surface area contributed by atoms with Gasteiger partial charge in [-0.05, 0) is 48.9 Å². The fourth-order valence-electron chi connectivity index (χ4n) is 3.23. The van der Waals surface area contributed by atoms with Crippen LogP contribution in [0, 0.1) is 6.92 Å². The van der Waals surface area contributed by atoms with E-state index in [9.17, 15) is 9.59 Å². The van der Waals surface area contributed by atoms with Gasteiger partial charge in [0.2, 0.25) is 0 Å². The Kier molecular flexibility index (Phi) is 6.07. The molecule has 0 atom stereocenters. The van der Waals surface area contributed by atoms with Crippen molar-refractivity contribution in [1.82, 2.24) is 9.66 Å². The second-order valence-corrected chi connectivity index (χ2v) is 7.05. The van der Waals surface area contributed by atoms with Crippen LogP contribution in [0.3, 0.4) is 0 Å². The van der Waals surface area contributed by atoms with Gasteiger partial charge in [0.15, 0.2) is 0 Å². The maximum absolute atomic E-state index is 12.8. The summed E-state index contributed by atoms with van der Waals surface area (Å²) in [5.41, 5.74) is 2.51. The minimum Gasteiger partial charge on any atom is -0.488 e. The number of benzene rings is 3. The van der Waals surface area contributed by atoms with Crippen molar-refractivity contribution < 1.29 is 14.3 Å². The van der Waals surface area contributed by atoms with Gasteiger partial charge in [-0.2, -0.15) is 9.78 Å². The number of fused-ring (bicyclic) bond motifs is 1. The zero-order valence-electron chi connectivity index (χ0n) is 17.7. The zero-order valence-corrected chi connectivity index (χ0v) is 17.7. The highest BCUT2D eigenvalue weighted by Crippen LogP contribution is 2.18. The number of hydrogen-bond donors (Lipinski definition) is 0. The van der Waals surface area contributed by atoms with Crippen molar-refractivity contribution in [2.45, 2.75) is 13.5 Å². The minimum absolute atomic E-state index is 0.228. The molecule has 32 heavy (non-hydrogen) atoms. The van der Waals surface area contributed by atoms with E-state index >= 15 is 0 Å². The summed E-state index contributed by atoms with van der Waals surface area (Å²) in [5.74, 6) is 0.731. The van der Waals surface area contributed by atoms with E-state index in [-0.39, 0.29) is 11.5 Å². The summed E-state index contributed by atoms with van der Waals surface area (Å²) in [5, 5.41) is 4.88. The zero-order chi connectivity index (χ0) is 22.5. The SMILES string of the molecule is COC(=O)c1ccc(COc2ccccc2/C=N\n2c(C)nc3ccccc3c2=O)cc1. The molecule has 7 heteroatoms. The van der Waals surface area contributed by atoms with Gasteiger partial charge < -0.3 is 9.47 Å². The van der Waals surface area contributed by atoms with Gasteiger partial charge in [0, 0.05) is 5.56 Å². The molecule has 1 aromatic heterocycles. The molecule has 0 unspecified atom stereocenters. The van der Waals surface area contributed by atoms with Crippen molar-refractivity contribution in [1.29, 1.82) is 0 Å². The van der Waals surface area contributed by atoms with Gasteiger partial charge >= 0.3 is 5.97 Å². The molecular weight excluding hydrogens is 406 g/mol. The Hall–Kier alpha value is -4.26. The number of aromatic nitrogens is 2. The maximum Gasteiger partial charge on any atom is 0.337 e. The summed E-state index contributed by atoms with van der Waals surface area (Å²) in [6.07, 6.45) is 1.58. The standard InChI is InChI=1S/C25H21N3O4/c1-17-27-22-9-5-4-8-21(22)24(29)28(17)26-15-20-7-3-6-10-23(20)32-16-18-11-13-19(14-12-18)25(30)31-2/h3-15H,16H2,1-2H3/b26-15-. The van der Waals surface area contributed by atoms with E-state index in [2.05, 4.69) is 10.1 Å². The molecule has 0 bridgehead atoms. The molecule has 0 aliphatic rings. The summed E-state index contributed by atoms with van der Waals surface area (Å²) in [4.78, 5) is 28.8. The highest BCUT2D eigenvalue weighted by molar-refractivity contribution is 5.89. The number of carbonyl (C=O) groups excluding carboxylic acids is 1. The number of hydrogen-bond acceptors (Lipinski definition) is 6. The van der Waals surface area contributed by atoms with E-state index in [1.54, 1.807) is 43.5 Å². The van der Waals surface area contributed by atoms with E-state index < -0.39 is 0 Å². The van der Waals surface area contributed by atoms with Crippen LogP contribution in [0.25, 0.3) is 10.9 Å². The van der Waals surface area contributed by atoms with Gasteiger partial charge in [-0.25, -0.2) is 9.78 Å². The lowest BCUT2D eigenvalue weighted by Gasteiger charge is -2.10. The molecule has 0 fully saturated rings. The van der Waals surface area contributed by atoms with Crippen LogP contribution in [0.1, 0.15) is 27.3 Å². The third-order valence-electron chi connectivity index (χ3n) is 4.92. The van der Waals surface area contributed by atoms with Gasteiger partial charge in [0.1, 0.15) is 18.2 Å². The second kappa shape index (κ2) is 9.26. The average Bonchev–Trinajstić information content (AvgIpc) is 2.83. The number of rotatable bonds is 6. The van der Waals surface area contributed by atoms with Crippen LogP contribution >= 0.6 is 0 Å². The minimum atomic E-state index is -0.382. The van der Waals surface area contributed by atoms with E-state index in [4.69, 9.17) is 9.47 Å². The normalized spacial score (nSPS) is 11.1. The van der Waals surface area contributed by atoms with E-state index in [0.717, 1.165) is 11.1 Å². The highest BCUT2D eigenvalue weighted by atomic mass is 16.5. The molecule has 0 amide bonds. The third kappa shape index (κ3) is 4.41. The molecular formula is C25H21N3O4. The van der Waals surface area contributed by atoms with Crippen LogP contribution in [0.4, 0.5) is 0 Å². The van der Waals surface area contributed by atoms with Crippen molar-refractivity contribution in [3.63, 3.8) is 0 Å². The summed E-state index contributed by atoms with van der Waals surface area (Å²) < 4.78 is 12.0. The Morgan fingerprint density at radius 1 is 1.03 bits per heavy atom. The van der Waals surface area contributed by atoms with Crippen molar-refractivity contribution in [3.8, 4) is 5.75 Å². The van der Waals surface area contributed by atoms with Crippen LogP contribution in [0.5, 0.6) is 5.75 Å². The molecule has 160 valence electrons. The molecule has 0 saturated heterocycles. The molecule has 0 aliphatic carbocycles. The lowest BCUT2D eigenvalue weighted by atomic mass is 10.1. The van der Waals surface area contributed by atoms with E-state index in [1.165, 1.54) is 11.8 Å². The number of esters is 1. The molecule has 3 aromatic carbocycles. The second-order valence-electron chi connectivity index (χ2n) is 7.05. The number of aryl methyl sites for hydroxylation is 1. The molecule has 4 aromatic rings. The van der Waals surface area contributed by atoms with Crippen LogP contribution in [0.2, 0.25) is 0 Å². The summed E-state index contributed by atoms with van der Waals surface area (Å²) in [6, 6.07) is 21.6. The van der Waals surface area contributed by atoms with Gasteiger partial charge in [-0.1, -0.05) is 36.4 Å². The highest BCUT2D eigenvalue weighted by Gasteiger charge is 2.08. The van der Waals surface area contributed by atoms with Gasteiger partial charge in [0.25, 0.3) is 5.56 Å². The lowest BCUT2D eigenvalue weighted by Crippen LogP contribution is -2.20. The van der Waals surface area contributed by atoms with Crippen molar-refractivity contribution >= 4 is 23.1 Å². The number of ether oxygens (including phenoxy) is 2. The first-order chi connectivity index (χ1) is 15.6. The first-order valence-corrected chi connectivity index (χ1v) is 9.98. The summed E-state index contributed by atoms with van der Waals surface area (Å²) in [7, 11) is 1.35. The Morgan fingerprint density at radius 3 is 2.53 bits per heavy atom. The number of nitrogens with zero attached hydrogens (tertiary/aromatic N) is 3.